The third-order valence-corrected chi connectivity index (χ3v) is 8.75. The fourth-order valence-corrected chi connectivity index (χ4v) is 6.25. The smallest absolute Gasteiger partial charge is 0.225 e. The second-order valence-electron chi connectivity index (χ2n) is 11.2. The number of rotatable bonds is 5. The first-order valence-corrected chi connectivity index (χ1v) is 12.3. The maximum absolute atomic E-state index is 13.1. The number of piperidine rings is 1. The summed E-state index contributed by atoms with van der Waals surface area (Å²) >= 11 is 0. The number of carbonyl (C=O) groups excluding carboxylic acids is 2. The molecule has 4 heteroatoms. The van der Waals surface area contributed by atoms with E-state index in [4.69, 9.17) is 0 Å². The second kappa shape index (κ2) is 8.26. The molecule has 2 aliphatic carbocycles. The van der Waals surface area contributed by atoms with E-state index in [9.17, 15) is 9.59 Å². The minimum absolute atomic E-state index is 0.0964. The Bertz CT molecular complexity index is 823. The molecule has 0 atom stereocenters. The Balaban J connectivity index is 1.26. The van der Waals surface area contributed by atoms with Crippen LogP contribution >= 0.6 is 0 Å². The van der Waals surface area contributed by atoms with Crippen molar-refractivity contribution in [3.05, 3.63) is 35.4 Å². The molecule has 0 radical (unpaired) electrons. The molecule has 170 valence electrons. The van der Waals surface area contributed by atoms with Crippen molar-refractivity contribution in [1.82, 2.24) is 9.80 Å². The zero-order chi connectivity index (χ0) is 22.4. The van der Waals surface area contributed by atoms with Crippen LogP contribution in [-0.2, 0) is 9.59 Å². The zero-order valence-corrected chi connectivity index (χ0v) is 20.1. The molecule has 1 aliphatic heterocycles. The lowest BCUT2D eigenvalue weighted by molar-refractivity contribution is -0.154. The van der Waals surface area contributed by atoms with Gasteiger partial charge in [0.2, 0.25) is 11.8 Å². The van der Waals surface area contributed by atoms with Crippen molar-refractivity contribution < 1.29 is 9.59 Å². The van der Waals surface area contributed by atoms with Crippen LogP contribution in [0.5, 0.6) is 0 Å². The van der Waals surface area contributed by atoms with E-state index in [1.54, 1.807) is 0 Å². The summed E-state index contributed by atoms with van der Waals surface area (Å²) in [6, 6.07) is 9.17. The minimum atomic E-state index is -0.143. The van der Waals surface area contributed by atoms with E-state index in [-0.39, 0.29) is 17.4 Å². The number of benzene rings is 1. The maximum Gasteiger partial charge on any atom is 0.225 e. The highest BCUT2D eigenvalue weighted by Crippen LogP contribution is 2.57. The van der Waals surface area contributed by atoms with Crippen molar-refractivity contribution >= 4 is 11.8 Å². The van der Waals surface area contributed by atoms with Gasteiger partial charge < -0.3 is 9.80 Å². The first-order valence-electron chi connectivity index (χ1n) is 12.3. The van der Waals surface area contributed by atoms with E-state index in [1.807, 2.05) is 18.9 Å². The minimum Gasteiger partial charge on any atom is -0.342 e. The molecule has 4 rings (SSSR count). The molecular formula is C27H40N2O2. The molecule has 0 N–H and O–H groups in total. The van der Waals surface area contributed by atoms with Gasteiger partial charge in [-0.3, -0.25) is 9.59 Å². The molecule has 1 aromatic carbocycles. The van der Waals surface area contributed by atoms with Crippen LogP contribution in [0.1, 0.15) is 95.6 Å². The molecule has 0 unspecified atom stereocenters. The molecular weight excluding hydrogens is 384 g/mol. The number of likely N-dealkylation sites (tertiary alicyclic amines) is 1. The van der Waals surface area contributed by atoms with Gasteiger partial charge in [0.15, 0.2) is 0 Å². The maximum atomic E-state index is 13.1. The van der Waals surface area contributed by atoms with Crippen molar-refractivity contribution in [2.24, 2.45) is 11.3 Å². The summed E-state index contributed by atoms with van der Waals surface area (Å²) < 4.78 is 0. The second-order valence-corrected chi connectivity index (χ2v) is 11.2. The van der Waals surface area contributed by atoms with Crippen LogP contribution in [0, 0.1) is 11.3 Å². The van der Waals surface area contributed by atoms with Gasteiger partial charge in [-0.15, -0.1) is 0 Å². The zero-order valence-electron chi connectivity index (χ0n) is 20.1. The topological polar surface area (TPSA) is 40.6 Å². The lowest BCUT2D eigenvalue weighted by atomic mass is 9.56. The molecule has 2 amide bonds. The quantitative estimate of drug-likeness (QED) is 0.641. The van der Waals surface area contributed by atoms with Gasteiger partial charge in [-0.25, -0.2) is 0 Å². The lowest BCUT2D eigenvalue weighted by Crippen LogP contribution is -2.60. The summed E-state index contributed by atoms with van der Waals surface area (Å²) in [6.07, 6.45) is 7.01. The van der Waals surface area contributed by atoms with Crippen LogP contribution in [-0.4, -0.2) is 47.3 Å². The molecule has 1 heterocycles. The molecule has 3 fully saturated rings. The van der Waals surface area contributed by atoms with Crippen LogP contribution in [0.25, 0.3) is 0 Å². The van der Waals surface area contributed by atoms with E-state index in [2.05, 4.69) is 49.9 Å². The van der Waals surface area contributed by atoms with Gasteiger partial charge in [0.25, 0.3) is 0 Å². The largest absolute Gasteiger partial charge is 0.342 e. The molecule has 3 aliphatic rings. The van der Waals surface area contributed by atoms with Crippen LogP contribution in [0.4, 0.5) is 0 Å². The van der Waals surface area contributed by atoms with E-state index in [0.717, 1.165) is 38.8 Å². The first kappa shape index (κ1) is 22.4. The molecule has 1 spiro atoms. The van der Waals surface area contributed by atoms with Gasteiger partial charge in [0, 0.05) is 38.0 Å². The van der Waals surface area contributed by atoms with Crippen molar-refractivity contribution in [3.8, 4) is 0 Å². The number of hydrogen-bond donors (Lipinski definition) is 0. The number of amides is 2. The predicted molar refractivity (Wildman–Crippen MR) is 125 cm³/mol. The third-order valence-electron chi connectivity index (χ3n) is 8.75. The van der Waals surface area contributed by atoms with Crippen molar-refractivity contribution in [2.75, 3.05) is 20.1 Å². The van der Waals surface area contributed by atoms with Crippen molar-refractivity contribution in [3.63, 3.8) is 0 Å². The average molecular weight is 425 g/mol. The Labute approximate surface area is 188 Å². The summed E-state index contributed by atoms with van der Waals surface area (Å²) in [5, 5.41) is 0. The van der Waals surface area contributed by atoms with Crippen molar-refractivity contribution in [1.29, 1.82) is 0 Å². The van der Waals surface area contributed by atoms with Crippen LogP contribution < -0.4 is 0 Å². The normalized spacial score (nSPS) is 27.7. The number of nitrogens with zero attached hydrogens (tertiary/aromatic N) is 2. The van der Waals surface area contributed by atoms with Crippen LogP contribution in [0.3, 0.4) is 0 Å². The Morgan fingerprint density at radius 1 is 1.13 bits per heavy atom. The predicted octanol–water partition coefficient (Wildman–Crippen LogP) is 5.33. The summed E-state index contributed by atoms with van der Waals surface area (Å²) in [5.41, 5.74) is 3.26. The molecule has 0 aromatic heterocycles. The highest BCUT2D eigenvalue weighted by atomic mass is 16.2. The number of hydrogen-bond acceptors (Lipinski definition) is 2. The van der Waals surface area contributed by atoms with Crippen LogP contribution in [0.15, 0.2) is 24.3 Å². The van der Waals surface area contributed by atoms with E-state index in [0.29, 0.717) is 29.6 Å². The lowest BCUT2D eigenvalue weighted by Gasteiger charge is -2.54. The standard InChI is InChI=1S/C27H40N2O2/c1-6-24(30)28(5)26(4)15-23(16-26)25(31)29-12-10-27(11-13-29)17-22(18-27)21-9-7-8-20(14-21)19(2)3/h7-9,14,19,22-23H,6,10-13,15-18H2,1-5H3. The Hall–Kier alpha value is -1.84. The fourth-order valence-electron chi connectivity index (χ4n) is 6.25. The summed E-state index contributed by atoms with van der Waals surface area (Å²) in [6.45, 7) is 10.4. The Morgan fingerprint density at radius 3 is 2.35 bits per heavy atom. The van der Waals surface area contributed by atoms with E-state index >= 15 is 0 Å². The van der Waals surface area contributed by atoms with E-state index < -0.39 is 0 Å². The Kier molecular flexibility index (Phi) is 5.95. The van der Waals surface area contributed by atoms with Crippen LogP contribution in [0.2, 0.25) is 0 Å². The van der Waals surface area contributed by atoms with Crippen molar-refractivity contribution in [2.45, 2.75) is 90.0 Å². The third kappa shape index (κ3) is 4.15. The summed E-state index contributed by atoms with van der Waals surface area (Å²) in [4.78, 5) is 29.1. The first-order chi connectivity index (χ1) is 14.7. The monoisotopic (exact) mass is 424 g/mol. The summed E-state index contributed by atoms with van der Waals surface area (Å²) in [7, 11) is 1.89. The number of carbonyl (C=O) groups is 2. The average Bonchev–Trinajstić information content (AvgIpc) is 2.73. The van der Waals surface area contributed by atoms with Gasteiger partial charge in [-0.2, -0.15) is 0 Å². The SMILES string of the molecule is CCC(=O)N(C)C1(C)CC(C(=O)N2CCC3(CC2)CC(c2cccc(C(C)C)c2)C3)C1. The fraction of sp³-hybridized carbons (Fsp3) is 0.704. The molecule has 31 heavy (non-hydrogen) atoms. The molecule has 1 aromatic rings. The Morgan fingerprint density at radius 2 is 1.77 bits per heavy atom. The molecule has 2 saturated carbocycles. The van der Waals surface area contributed by atoms with Gasteiger partial charge in [-0.05, 0) is 73.8 Å². The highest BCUT2D eigenvalue weighted by molar-refractivity contribution is 5.82. The molecule has 4 nitrogen and oxygen atoms in total. The van der Waals surface area contributed by atoms with Gasteiger partial charge >= 0.3 is 0 Å². The van der Waals surface area contributed by atoms with Gasteiger partial charge in [0.1, 0.15) is 0 Å². The highest BCUT2D eigenvalue weighted by Gasteiger charge is 2.51. The van der Waals surface area contributed by atoms with E-state index in [1.165, 1.54) is 24.0 Å². The molecule has 1 saturated heterocycles. The van der Waals surface area contributed by atoms with Gasteiger partial charge in [0.05, 0.1) is 0 Å². The van der Waals surface area contributed by atoms with Gasteiger partial charge in [-0.1, -0.05) is 45.0 Å². The molecule has 0 bridgehead atoms. The summed E-state index contributed by atoms with van der Waals surface area (Å²) in [5.74, 6) is 1.87.